The summed E-state index contributed by atoms with van der Waals surface area (Å²) in [4.78, 5) is 19.4. The molecular weight excluding hydrogens is 362 g/mol. The number of fused-ring (bicyclic) bond motifs is 1. The first-order valence-electron chi connectivity index (χ1n) is 8.28. The van der Waals surface area contributed by atoms with Crippen LogP contribution in [-0.4, -0.2) is 24.7 Å². The summed E-state index contributed by atoms with van der Waals surface area (Å²) >= 11 is 1.53. The number of hydrogen-bond donors (Lipinski definition) is 0. The van der Waals surface area contributed by atoms with Gasteiger partial charge in [0.05, 0.1) is 22.2 Å². The minimum absolute atomic E-state index is 0.0110. The number of rotatable bonds is 5. The molecule has 1 atom stereocenters. The maximum atomic E-state index is 11.0. The van der Waals surface area contributed by atoms with Gasteiger partial charge in [0.1, 0.15) is 11.4 Å². The van der Waals surface area contributed by atoms with E-state index in [1.54, 1.807) is 23.0 Å². The lowest BCUT2D eigenvalue weighted by atomic mass is 10.1. The molecule has 2 aromatic carbocycles. The van der Waals surface area contributed by atoms with Gasteiger partial charge in [-0.05, 0) is 24.6 Å². The molecule has 0 spiro atoms. The fraction of sp³-hybridized carbons (Fsp3) is 0.105. The zero-order chi connectivity index (χ0) is 18.8. The van der Waals surface area contributed by atoms with Gasteiger partial charge in [0.25, 0.3) is 5.69 Å². The Morgan fingerprint density at radius 3 is 2.70 bits per heavy atom. The van der Waals surface area contributed by atoms with Gasteiger partial charge in [-0.25, -0.2) is 14.6 Å². The van der Waals surface area contributed by atoms with Crippen molar-refractivity contribution in [2.24, 2.45) is 0 Å². The highest BCUT2D eigenvalue weighted by molar-refractivity contribution is 7.99. The van der Waals surface area contributed by atoms with Crippen LogP contribution in [0.1, 0.15) is 17.7 Å². The van der Waals surface area contributed by atoms with Crippen LogP contribution in [0.5, 0.6) is 0 Å². The molecule has 8 heteroatoms. The Morgan fingerprint density at radius 2 is 1.93 bits per heavy atom. The highest BCUT2D eigenvalue weighted by Crippen LogP contribution is 2.37. The molecule has 134 valence electrons. The van der Waals surface area contributed by atoms with Gasteiger partial charge in [0.15, 0.2) is 5.65 Å². The van der Waals surface area contributed by atoms with E-state index in [-0.39, 0.29) is 15.9 Å². The smallest absolute Gasteiger partial charge is 0.258 e. The summed E-state index contributed by atoms with van der Waals surface area (Å²) in [6.45, 7) is 2.00. The highest BCUT2D eigenvalue weighted by atomic mass is 32.2. The van der Waals surface area contributed by atoms with Crippen molar-refractivity contribution in [2.45, 2.75) is 17.2 Å². The number of nitro benzene ring substituents is 1. The molecule has 0 aliphatic carbocycles. The van der Waals surface area contributed by atoms with Gasteiger partial charge < -0.3 is 0 Å². The first-order chi connectivity index (χ1) is 13.1. The highest BCUT2D eigenvalue weighted by Gasteiger charge is 2.16. The Balaban J connectivity index is 1.68. The maximum Gasteiger partial charge on any atom is 0.269 e. The monoisotopic (exact) mass is 377 g/mol. The van der Waals surface area contributed by atoms with Gasteiger partial charge in [0, 0.05) is 17.4 Å². The van der Waals surface area contributed by atoms with Crippen LogP contribution in [0.4, 0.5) is 5.69 Å². The maximum absolute atomic E-state index is 11.0. The molecule has 2 heterocycles. The van der Waals surface area contributed by atoms with Crippen LogP contribution in [0.15, 0.2) is 72.1 Å². The van der Waals surface area contributed by atoms with E-state index in [9.17, 15) is 10.1 Å². The molecule has 0 aliphatic rings. The van der Waals surface area contributed by atoms with E-state index in [0.717, 1.165) is 27.3 Å². The minimum Gasteiger partial charge on any atom is -0.258 e. The Morgan fingerprint density at radius 1 is 1.11 bits per heavy atom. The molecule has 0 amide bonds. The molecule has 0 saturated carbocycles. The number of nitro groups is 1. The summed E-state index contributed by atoms with van der Waals surface area (Å²) < 4.78 is 1.78. The molecule has 7 nitrogen and oxygen atoms in total. The van der Waals surface area contributed by atoms with E-state index in [1.807, 2.05) is 43.3 Å². The zero-order valence-electron chi connectivity index (χ0n) is 14.4. The van der Waals surface area contributed by atoms with Crippen LogP contribution in [-0.2, 0) is 0 Å². The van der Waals surface area contributed by atoms with Crippen molar-refractivity contribution in [3.05, 3.63) is 82.8 Å². The minimum atomic E-state index is -0.381. The standard InChI is InChI=1S/C19H15N5O2S/c1-13(14-6-5-9-16(10-14)24(25)26)27-19-17-11-22-23(18(17)20-12-21-19)15-7-3-2-4-8-15/h2-13H,1H3. The Hall–Kier alpha value is -3.26. The van der Waals surface area contributed by atoms with Crippen molar-refractivity contribution in [3.63, 3.8) is 0 Å². The van der Waals surface area contributed by atoms with E-state index >= 15 is 0 Å². The largest absolute Gasteiger partial charge is 0.269 e. The lowest BCUT2D eigenvalue weighted by molar-refractivity contribution is -0.384. The van der Waals surface area contributed by atoms with Crippen molar-refractivity contribution in [1.82, 2.24) is 19.7 Å². The van der Waals surface area contributed by atoms with Gasteiger partial charge in [-0.15, -0.1) is 0 Å². The summed E-state index contributed by atoms with van der Waals surface area (Å²) in [6, 6.07) is 16.5. The summed E-state index contributed by atoms with van der Waals surface area (Å²) in [6.07, 6.45) is 3.27. The summed E-state index contributed by atoms with van der Waals surface area (Å²) in [5.41, 5.74) is 2.61. The Labute approximate surface area is 159 Å². The van der Waals surface area contributed by atoms with Crippen LogP contribution in [0.2, 0.25) is 0 Å². The van der Waals surface area contributed by atoms with Gasteiger partial charge >= 0.3 is 0 Å². The third kappa shape index (κ3) is 3.39. The van der Waals surface area contributed by atoms with Gasteiger partial charge in [-0.1, -0.05) is 42.1 Å². The molecule has 0 saturated heterocycles. The molecule has 4 rings (SSSR count). The molecule has 1 unspecified atom stereocenters. The number of benzene rings is 2. The first kappa shape index (κ1) is 17.2. The number of hydrogen-bond acceptors (Lipinski definition) is 6. The molecule has 4 aromatic rings. The molecule has 2 aromatic heterocycles. The molecule has 0 aliphatic heterocycles. The average Bonchev–Trinajstić information content (AvgIpc) is 3.14. The number of aromatic nitrogens is 4. The van der Waals surface area contributed by atoms with Gasteiger partial charge in [-0.3, -0.25) is 10.1 Å². The van der Waals surface area contributed by atoms with E-state index in [2.05, 4.69) is 15.1 Å². The second-order valence-electron chi connectivity index (χ2n) is 5.92. The van der Waals surface area contributed by atoms with Crippen LogP contribution in [0, 0.1) is 10.1 Å². The predicted octanol–water partition coefficient (Wildman–Crippen LogP) is 4.58. The second kappa shape index (κ2) is 7.16. The fourth-order valence-electron chi connectivity index (χ4n) is 2.80. The summed E-state index contributed by atoms with van der Waals surface area (Å²) in [5.74, 6) is 0. The van der Waals surface area contributed by atoms with E-state index in [1.165, 1.54) is 24.2 Å². The number of nitrogens with zero attached hydrogens (tertiary/aromatic N) is 5. The third-order valence-electron chi connectivity index (χ3n) is 4.17. The van der Waals surface area contributed by atoms with Crippen molar-refractivity contribution in [3.8, 4) is 5.69 Å². The van der Waals surface area contributed by atoms with E-state index in [0.29, 0.717) is 0 Å². The zero-order valence-corrected chi connectivity index (χ0v) is 15.2. The normalized spacial score (nSPS) is 12.2. The predicted molar refractivity (Wildman–Crippen MR) is 104 cm³/mol. The van der Waals surface area contributed by atoms with Crippen molar-refractivity contribution >= 4 is 28.5 Å². The molecule has 0 bridgehead atoms. The fourth-order valence-corrected chi connectivity index (χ4v) is 3.80. The van der Waals surface area contributed by atoms with Crippen molar-refractivity contribution in [2.75, 3.05) is 0 Å². The quantitative estimate of drug-likeness (QED) is 0.219. The topological polar surface area (TPSA) is 86.7 Å². The number of para-hydroxylation sites is 1. The molecule has 0 N–H and O–H groups in total. The van der Waals surface area contributed by atoms with Crippen LogP contribution >= 0.6 is 11.8 Å². The molecular formula is C19H15N5O2S. The first-order valence-corrected chi connectivity index (χ1v) is 9.16. The van der Waals surface area contributed by atoms with Crippen molar-refractivity contribution < 1.29 is 4.92 Å². The molecule has 0 fully saturated rings. The molecule has 0 radical (unpaired) electrons. The Bertz CT molecular complexity index is 1110. The summed E-state index contributed by atoms with van der Waals surface area (Å²) in [5, 5.41) is 17.1. The van der Waals surface area contributed by atoms with E-state index in [4.69, 9.17) is 0 Å². The van der Waals surface area contributed by atoms with Crippen LogP contribution < -0.4 is 0 Å². The molecule has 27 heavy (non-hydrogen) atoms. The number of thioether (sulfide) groups is 1. The van der Waals surface area contributed by atoms with Crippen LogP contribution in [0.25, 0.3) is 16.7 Å². The van der Waals surface area contributed by atoms with Gasteiger partial charge in [0.2, 0.25) is 0 Å². The summed E-state index contributed by atoms with van der Waals surface area (Å²) in [7, 11) is 0. The van der Waals surface area contributed by atoms with Crippen molar-refractivity contribution in [1.29, 1.82) is 0 Å². The average molecular weight is 377 g/mol. The third-order valence-corrected chi connectivity index (χ3v) is 5.34. The second-order valence-corrected chi connectivity index (χ2v) is 7.25. The lowest BCUT2D eigenvalue weighted by Gasteiger charge is -2.11. The van der Waals surface area contributed by atoms with Gasteiger partial charge in [-0.2, -0.15) is 5.10 Å². The Kier molecular flexibility index (Phi) is 4.55. The van der Waals surface area contributed by atoms with Crippen LogP contribution in [0.3, 0.4) is 0 Å². The number of non-ortho nitro benzene ring substituents is 1. The SMILES string of the molecule is CC(Sc1ncnc2c1cnn2-c1ccccc1)c1cccc([N+](=O)[O-])c1. The lowest BCUT2D eigenvalue weighted by Crippen LogP contribution is -1.98. The van der Waals surface area contributed by atoms with E-state index < -0.39 is 0 Å².